The fourth-order valence-corrected chi connectivity index (χ4v) is 6.06. The molecular formula is C30H26N4O5S. The first-order valence-corrected chi connectivity index (χ1v) is 13.7. The van der Waals surface area contributed by atoms with Crippen LogP contribution in [-0.4, -0.2) is 44.4 Å². The lowest BCUT2D eigenvalue weighted by atomic mass is 9.96. The molecule has 0 aliphatic carbocycles. The lowest BCUT2D eigenvalue weighted by molar-refractivity contribution is -0.132. The number of aryl methyl sites for hydroxylation is 1. The molecule has 202 valence electrons. The van der Waals surface area contributed by atoms with E-state index in [-0.39, 0.29) is 11.3 Å². The summed E-state index contributed by atoms with van der Waals surface area (Å²) in [4.78, 5) is 37.9. The third-order valence-corrected chi connectivity index (χ3v) is 7.76. The van der Waals surface area contributed by atoms with E-state index in [0.29, 0.717) is 58.0 Å². The van der Waals surface area contributed by atoms with E-state index in [4.69, 9.17) is 14.5 Å². The van der Waals surface area contributed by atoms with E-state index in [1.807, 2.05) is 50.2 Å². The number of fused-ring (bicyclic) bond motifs is 2. The number of aromatic nitrogens is 3. The molecule has 1 amide bonds. The molecule has 1 aliphatic heterocycles. The van der Waals surface area contributed by atoms with Gasteiger partial charge in [0.15, 0.2) is 10.9 Å². The van der Waals surface area contributed by atoms with Gasteiger partial charge in [-0.15, -0.1) is 0 Å². The standard InChI is InChI=1S/C30H26N4O5S/c1-4-38-19-11-9-18(10-12-19)26-24(27(35)25-17(3)31-23-8-6-7-15-33(23)25)28(36)29(37)34(26)30-32-21-14-13-20(39-5-2)16-22(21)40-30/h6-16,26,35H,4-5H2,1-3H3. The number of ether oxygens (including phenoxy) is 2. The lowest BCUT2D eigenvalue weighted by Gasteiger charge is -2.23. The smallest absolute Gasteiger partial charge is 0.301 e. The summed E-state index contributed by atoms with van der Waals surface area (Å²) in [6.45, 7) is 6.58. The third kappa shape index (κ3) is 4.17. The largest absolute Gasteiger partial charge is 0.505 e. The number of hydrogen-bond donors (Lipinski definition) is 1. The number of anilines is 1. The molecule has 5 aromatic rings. The number of imidazole rings is 1. The monoisotopic (exact) mass is 554 g/mol. The van der Waals surface area contributed by atoms with Gasteiger partial charge in [0, 0.05) is 6.20 Å². The van der Waals surface area contributed by atoms with E-state index in [2.05, 4.69) is 4.98 Å². The Kier molecular flexibility index (Phi) is 6.47. The molecule has 0 saturated carbocycles. The minimum atomic E-state index is -0.920. The van der Waals surface area contributed by atoms with E-state index in [0.717, 1.165) is 4.70 Å². The van der Waals surface area contributed by atoms with Gasteiger partial charge in [-0.25, -0.2) is 9.97 Å². The van der Waals surface area contributed by atoms with Crippen molar-refractivity contribution in [1.82, 2.24) is 14.4 Å². The number of carbonyl (C=O) groups excluding carboxylic acids is 2. The summed E-state index contributed by atoms with van der Waals surface area (Å²) < 4.78 is 13.8. The van der Waals surface area contributed by atoms with Crippen molar-refractivity contribution in [2.24, 2.45) is 0 Å². The topological polar surface area (TPSA) is 106 Å². The second-order valence-corrected chi connectivity index (χ2v) is 10.2. The Hall–Kier alpha value is -4.70. The molecular weight excluding hydrogens is 528 g/mol. The van der Waals surface area contributed by atoms with Gasteiger partial charge in [-0.05, 0) is 68.8 Å². The summed E-state index contributed by atoms with van der Waals surface area (Å²) in [7, 11) is 0. The molecule has 4 heterocycles. The van der Waals surface area contributed by atoms with Gasteiger partial charge in [0.2, 0.25) is 0 Å². The lowest BCUT2D eigenvalue weighted by Crippen LogP contribution is -2.29. The Bertz CT molecular complexity index is 1800. The average molecular weight is 555 g/mol. The van der Waals surface area contributed by atoms with Crippen molar-refractivity contribution in [3.05, 3.63) is 89.4 Å². The minimum absolute atomic E-state index is 0.0304. The molecule has 2 aromatic carbocycles. The highest BCUT2D eigenvalue weighted by molar-refractivity contribution is 7.22. The minimum Gasteiger partial charge on any atom is -0.505 e. The van der Waals surface area contributed by atoms with Crippen molar-refractivity contribution >= 4 is 49.8 Å². The first kappa shape index (κ1) is 25.6. The van der Waals surface area contributed by atoms with Crippen LogP contribution in [0.25, 0.3) is 21.6 Å². The molecule has 0 spiro atoms. The molecule has 1 saturated heterocycles. The fourth-order valence-electron chi connectivity index (χ4n) is 5.04. The third-order valence-electron chi connectivity index (χ3n) is 6.75. The van der Waals surface area contributed by atoms with Gasteiger partial charge in [-0.1, -0.05) is 29.5 Å². The Morgan fingerprint density at radius 1 is 0.975 bits per heavy atom. The number of benzene rings is 2. The quantitative estimate of drug-likeness (QED) is 0.157. The van der Waals surface area contributed by atoms with E-state index < -0.39 is 17.7 Å². The van der Waals surface area contributed by atoms with Gasteiger partial charge in [-0.3, -0.25) is 18.9 Å². The number of pyridine rings is 1. The summed E-state index contributed by atoms with van der Waals surface area (Å²) >= 11 is 1.28. The van der Waals surface area contributed by atoms with Crippen LogP contribution in [0.1, 0.15) is 36.8 Å². The Labute approximate surface area is 233 Å². The number of rotatable bonds is 7. The Balaban J connectivity index is 1.55. The molecule has 40 heavy (non-hydrogen) atoms. The van der Waals surface area contributed by atoms with Crippen LogP contribution in [0.15, 0.2) is 72.4 Å². The summed E-state index contributed by atoms with van der Waals surface area (Å²) in [5.41, 5.74) is 2.78. The van der Waals surface area contributed by atoms with Crippen LogP contribution in [0.3, 0.4) is 0 Å². The number of nitrogens with zero attached hydrogens (tertiary/aromatic N) is 4. The molecule has 0 radical (unpaired) electrons. The molecule has 9 nitrogen and oxygen atoms in total. The Morgan fingerprint density at radius 2 is 1.70 bits per heavy atom. The van der Waals surface area contributed by atoms with Crippen molar-refractivity contribution in [2.75, 3.05) is 18.1 Å². The predicted molar refractivity (Wildman–Crippen MR) is 153 cm³/mol. The maximum Gasteiger partial charge on any atom is 0.301 e. The van der Waals surface area contributed by atoms with Gasteiger partial charge in [-0.2, -0.15) is 0 Å². The molecule has 1 fully saturated rings. The second-order valence-electron chi connectivity index (χ2n) is 9.20. The zero-order valence-corrected chi connectivity index (χ0v) is 22.9. The maximum absolute atomic E-state index is 13.7. The normalized spacial score (nSPS) is 16.8. The average Bonchev–Trinajstić information content (AvgIpc) is 3.60. The van der Waals surface area contributed by atoms with Crippen LogP contribution in [0.2, 0.25) is 0 Å². The zero-order chi connectivity index (χ0) is 28.0. The Morgan fingerprint density at radius 3 is 2.45 bits per heavy atom. The number of thiazole rings is 1. The van der Waals surface area contributed by atoms with Crippen LogP contribution in [0.5, 0.6) is 11.5 Å². The highest BCUT2D eigenvalue weighted by Crippen LogP contribution is 2.45. The summed E-state index contributed by atoms with van der Waals surface area (Å²) in [5, 5.41) is 12.1. The summed E-state index contributed by atoms with van der Waals surface area (Å²) in [5.74, 6) is -0.509. The first-order chi connectivity index (χ1) is 19.4. The highest BCUT2D eigenvalue weighted by Gasteiger charge is 2.48. The van der Waals surface area contributed by atoms with Crippen LogP contribution in [0.4, 0.5) is 5.13 Å². The molecule has 3 aromatic heterocycles. The molecule has 1 atom stereocenters. The number of amides is 1. The highest BCUT2D eigenvalue weighted by atomic mass is 32.1. The number of aliphatic hydroxyl groups is 1. The first-order valence-electron chi connectivity index (χ1n) is 12.9. The van der Waals surface area contributed by atoms with Crippen LogP contribution in [0, 0.1) is 6.92 Å². The van der Waals surface area contributed by atoms with Crippen molar-refractivity contribution in [1.29, 1.82) is 0 Å². The van der Waals surface area contributed by atoms with E-state index in [9.17, 15) is 14.7 Å². The number of Topliss-reactive ketones (excluding diaryl/α,β-unsaturated/α-hetero) is 1. The molecule has 6 rings (SSSR count). The second kappa shape index (κ2) is 10.1. The van der Waals surface area contributed by atoms with Crippen LogP contribution < -0.4 is 14.4 Å². The summed E-state index contributed by atoms with van der Waals surface area (Å²) in [6, 6.07) is 17.2. The van der Waals surface area contributed by atoms with E-state index >= 15 is 0 Å². The SMILES string of the molecule is CCOc1ccc(C2C(=C(O)c3c(C)nc4ccccn34)C(=O)C(=O)N2c2nc3ccc(OCC)cc3s2)cc1. The fraction of sp³-hybridized carbons (Fsp3) is 0.200. The summed E-state index contributed by atoms with van der Waals surface area (Å²) in [6.07, 6.45) is 1.76. The molecule has 1 unspecified atom stereocenters. The van der Waals surface area contributed by atoms with Crippen molar-refractivity contribution in [2.45, 2.75) is 26.8 Å². The molecule has 1 aliphatic rings. The van der Waals surface area contributed by atoms with Crippen LogP contribution >= 0.6 is 11.3 Å². The van der Waals surface area contributed by atoms with Gasteiger partial charge in [0.1, 0.15) is 22.8 Å². The zero-order valence-electron chi connectivity index (χ0n) is 22.1. The van der Waals surface area contributed by atoms with Gasteiger partial charge in [0.05, 0.1) is 40.7 Å². The van der Waals surface area contributed by atoms with E-state index in [1.165, 1.54) is 16.2 Å². The molecule has 10 heteroatoms. The van der Waals surface area contributed by atoms with Gasteiger partial charge in [0.25, 0.3) is 5.78 Å². The van der Waals surface area contributed by atoms with Crippen molar-refractivity contribution < 1.29 is 24.2 Å². The van der Waals surface area contributed by atoms with Crippen molar-refractivity contribution in [3.63, 3.8) is 0 Å². The maximum atomic E-state index is 13.7. The predicted octanol–water partition coefficient (Wildman–Crippen LogP) is 5.68. The van der Waals surface area contributed by atoms with E-state index in [1.54, 1.807) is 41.8 Å². The van der Waals surface area contributed by atoms with Gasteiger partial charge < -0.3 is 14.6 Å². The van der Waals surface area contributed by atoms with Crippen LogP contribution in [-0.2, 0) is 9.59 Å². The number of carbonyl (C=O) groups is 2. The molecule has 0 bridgehead atoms. The number of ketones is 1. The number of aliphatic hydroxyl groups excluding tert-OH is 1. The van der Waals surface area contributed by atoms with Crippen molar-refractivity contribution in [3.8, 4) is 11.5 Å². The van der Waals surface area contributed by atoms with Gasteiger partial charge >= 0.3 is 5.91 Å². The molecule has 1 N–H and O–H groups in total. The number of hydrogen-bond acceptors (Lipinski definition) is 8.